The molecule has 1 aromatic carbocycles. The molecule has 0 aliphatic heterocycles. The van der Waals surface area contributed by atoms with Crippen LogP contribution in [0.5, 0.6) is 0 Å². The van der Waals surface area contributed by atoms with Crippen LogP contribution in [0.25, 0.3) is 0 Å². The molecule has 0 amide bonds. The molecule has 1 rings (SSSR count). The third-order valence-corrected chi connectivity index (χ3v) is 2.30. The van der Waals surface area contributed by atoms with Crippen molar-refractivity contribution >= 4 is 11.4 Å². The topological polar surface area (TPSA) is 47.3 Å². The number of hydrogen-bond acceptors (Lipinski definition) is 3. The number of benzene rings is 1. The lowest BCUT2D eigenvalue weighted by Crippen LogP contribution is -2.05. The summed E-state index contributed by atoms with van der Waals surface area (Å²) >= 11 is 0. The van der Waals surface area contributed by atoms with Crippen molar-refractivity contribution in [1.29, 1.82) is 0 Å². The van der Waals surface area contributed by atoms with Crippen LogP contribution in [-0.4, -0.2) is 20.3 Å². The van der Waals surface area contributed by atoms with Crippen molar-refractivity contribution in [2.75, 3.05) is 31.3 Å². The number of rotatable bonds is 6. The molecule has 3 nitrogen and oxygen atoms in total. The molecule has 3 heteroatoms. The fourth-order valence-electron chi connectivity index (χ4n) is 1.44. The number of anilines is 2. The first-order valence-corrected chi connectivity index (χ1v) is 5.33. The third-order valence-electron chi connectivity index (χ3n) is 2.30. The van der Waals surface area contributed by atoms with Gasteiger partial charge in [-0.1, -0.05) is 6.07 Å². The van der Waals surface area contributed by atoms with E-state index in [1.807, 2.05) is 19.1 Å². The van der Waals surface area contributed by atoms with Crippen molar-refractivity contribution in [3.63, 3.8) is 0 Å². The van der Waals surface area contributed by atoms with Gasteiger partial charge in [0.15, 0.2) is 0 Å². The molecule has 3 N–H and O–H groups in total. The Morgan fingerprint density at radius 1 is 1.33 bits per heavy atom. The second-order valence-electron chi connectivity index (χ2n) is 3.72. The molecule has 0 saturated carbocycles. The molecule has 84 valence electrons. The lowest BCUT2D eigenvalue weighted by atomic mass is 10.2. The molecule has 0 heterocycles. The highest BCUT2D eigenvalue weighted by Crippen LogP contribution is 2.19. The smallest absolute Gasteiger partial charge is 0.0574 e. The summed E-state index contributed by atoms with van der Waals surface area (Å²) in [6.07, 6.45) is 2.18. The molecule has 0 aliphatic carbocycles. The highest BCUT2D eigenvalue weighted by atomic mass is 16.5. The summed E-state index contributed by atoms with van der Waals surface area (Å²) in [6, 6.07) is 6.08. The Hall–Kier alpha value is -1.22. The molecule has 0 atom stereocenters. The summed E-state index contributed by atoms with van der Waals surface area (Å²) in [6.45, 7) is 3.81. The van der Waals surface area contributed by atoms with E-state index in [9.17, 15) is 0 Å². The van der Waals surface area contributed by atoms with Gasteiger partial charge in [-0.05, 0) is 37.5 Å². The third kappa shape index (κ3) is 4.21. The van der Waals surface area contributed by atoms with Crippen LogP contribution in [0.15, 0.2) is 18.2 Å². The summed E-state index contributed by atoms with van der Waals surface area (Å²) in [5.41, 5.74) is 8.91. The van der Waals surface area contributed by atoms with E-state index in [-0.39, 0.29) is 0 Å². The maximum absolute atomic E-state index is 5.88. The van der Waals surface area contributed by atoms with E-state index in [2.05, 4.69) is 11.4 Å². The number of methoxy groups -OCH3 is 1. The fraction of sp³-hybridized carbons (Fsp3) is 0.500. The first-order chi connectivity index (χ1) is 7.24. The molecule has 0 saturated heterocycles. The Morgan fingerprint density at radius 2 is 2.13 bits per heavy atom. The molecule has 0 fully saturated rings. The largest absolute Gasteiger partial charge is 0.397 e. The monoisotopic (exact) mass is 208 g/mol. The van der Waals surface area contributed by atoms with Crippen LogP contribution in [0.4, 0.5) is 11.4 Å². The predicted molar refractivity (Wildman–Crippen MR) is 65.2 cm³/mol. The van der Waals surface area contributed by atoms with Crippen LogP contribution in [0, 0.1) is 6.92 Å². The van der Waals surface area contributed by atoms with E-state index in [1.165, 1.54) is 5.56 Å². The second kappa shape index (κ2) is 6.30. The highest BCUT2D eigenvalue weighted by molar-refractivity contribution is 5.66. The Bertz CT molecular complexity index is 300. The van der Waals surface area contributed by atoms with Gasteiger partial charge in [0.05, 0.1) is 11.4 Å². The van der Waals surface area contributed by atoms with Gasteiger partial charge in [0.25, 0.3) is 0 Å². The maximum atomic E-state index is 5.88. The van der Waals surface area contributed by atoms with Crippen LogP contribution in [-0.2, 0) is 4.74 Å². The number of unbranched alkanes of at least 4 members (excludes halogenated alkanes) is 1. The highest BCUT2D eigenvalue weighted by Gasteiger charge is 1.97. The van der Waals surface area contributed by atoms with Gasteiger partial charge in [-0.2, -0.15) is 0 Å². The van der Waals surface area contributed by atoms with E-state index in [0.717, 1.165) is 37.4 Å². The van der Waals surface area contributed by atoms with Crippen molar-refractivity contribution in [3.05, 3.63) is 23.8 Å². The molecule has 0 radical (unpaired) electrons. The zero-order chi connectivity index (χ0) is 11.1. The average molecular weight is 208 g/mol. The lowest BCUT2D eigenvalue weighted by Gasteiger charge is -2.09. The lowest BCUT2D eigenvalue weighted by molar-refractivity contribution is 0.194. The molecular formula is C12H20N2O. The summed E-state index contributed by atoms with van der Waals surface area (Å²) in [5, 5.41) is 3.32. The van der Waals surface area contributed by atoms with Crippen LogP contribution in [0.2, 0.25) is 0 Å². The minimum absolute atomic E-state index is 0.821. The second-order valence-corrected chi connectivity index (χ2v) is 3.72. The quantitative estimate of drug-likeness (QED) is 0.557. The molecule has 0 aliphatic rings. The number of hydrogen-bond donors (Lipinski definition) is 2. The molecule has 0 bridgehead atoms. The Labute approximate surface area is 91.6 Å². The Morgan fingerprint density at radius 3 is 2.80 bits per heavy atom. The van der Waals surface area contributed by atoms with Gasteiger partial charge < -0.3 is 15.8 Å². The summed E-state index contributed by atoms with van der Waals surface area (Å²) in [4.78, 5) is 0. The van der Waals surface area contributed by atoms with E-state index in [1.54, 1.807) is 7.11 Å². The summed E-state index contributed by atoms with van der Waals surface area (Å²) < 4.78 is 4.98. The molecular weight excluding hydrogens is 188 g/mol. The number of nitrogen functional groups attached to an aromatic ring is 1. The van der Waals surface area contributed by atoms with Gasteiger partial charge in [-0.15, -0.1) is 0 Å². The standard InChI is InChI=1S/C12H20N2O/c1-10-5-6-12(11(13)9-10)14-7-3-4-8-15-2/h5-6,9,14H,3-4,7-8,13H2,1-2H3. The maximum Gasteiger partial charge on any atom is 0.0574 e. The van der Waals surface area contributed by atoms with E-state index >= 15 is 0 Å². The van der Waals surface area contributed by atoms with Crippen molar-refractivity contribution < 1.29 is 4.74 Å². The van der Waals surface area contributed by atoms with Crippen molar-refractivity contribution in [1.82, 2.24) is 0 Å². The van der Waals surface area contributed by atoms with Crippen molar-refractivity contribution in [2.24, 2.45) is 0 Å². The molecule has 0 spiro atoms. The SMILES string of the molecule is COCCCCNc1ccc(C)cc1N. The first-order valence-electron chi connectivity index (χ1n) is 5.33. The summed E-state index contributed by atoms with van der Waals surface area (Å²) in [7, 11) is 1.73. The van der Waals surface area contributed by atoms with Gasteiger partial charge in [0.2, 0.25) is 0 Å². The van der Waals surface area contributed by atoms with Crippen molar-refractivity contribution in [3.8, 4) is 0 Å². The van der Waals surface area contributed by atoms with Crippen LogP contribution < -0.4 is 11.1 Å². The first kappa shape index (κ1) is 11.9. The number of nitrogens with one attached hydrogen (secondary N) is 1. The Balaban J connectivity index is 2.31. The number of nitrogens with two attached hydrogens (primary N) is 1. The minimum Gasteiger partial charge on any atom is -0.397 e. The van der Waals surface area contributed by atoms with E-state index < -0.39 is 0 Å². The zero-order valence-corrected chi connectivity index (χ0v) is 9.55. The molecule has 15 heavy (non-hydrogen) atoms. The van der Waals surface area contributed by atoms with Crippen LogP contribution in [0.3, 0.4) is 0 Å². The van der Waals surface area contributed by atoms with Crippen molar-refractivity contribution in [2.45, 2.75) is 19.8 Å². The normalized spacial score (nSPS) is 10.3. The molecule has 0 aromatic heterocycles. The van der Waals surface area contributed by atoms with E-state index in [4.69, 9.17) is 10.5 Å². The van der Waals surface area contributed by atoms with Gasteiger partial charge in [-0.3, -0.25) is 0 Å². The number of ether oxygens (including phenoxy) is 1. The molecule has 0 unspecified atom stereocenters. The zero-order valence-electron chi connectivity index (χ0n) is 9.55. The van der Waals surface area contributed by atoms with Gasteiger partial charge in [0.1, 0.15) is 0 Å². The summed E-state index contributed by atoms with van der Waals surface area (Å²) in [5.74, 6) is 0. The van der Waals surface area contributed by atoms with Crippen LogP contribution in [0.1, 0.15) is 18.4 Å². The average Bonchev–Trinajstić information content (AvgIpc) is 2.20. The van der Waals surface area contributed by atoms with Crippen LogP contribution >= 0.6 is 0 Å². The minimum atomic E-state index is 0.821. The van der Waals surface area contributed by atoms with Gasteiger partial charge >= 0.3 is 0 Å². The predicted octanol–water partition coefficient (Wildman–Crippen LogP) is 2.42. The molecule has 1 aromatic rings. The fourth-order valence-corrected chi connectivity index (χ4v) is 1.44. The Kier molecular flexibility index (Phi) is 4.98. The van der Waals surface area contributed by atoms with E-state index in [0.29, 0.717) is 0 Å². The van der Waals surface area contributed by atoms with Gasteiger partial charge in [0, 0.05) is 20.3 Å². The van der Waals surface area contributed by atoms with Gasteiger partial charge in [-0.25, -0.2) is 0 Å². The number of aryl methyl sites for hydroxylation is 1.